The van der Waals surface area contributed by atoms with Gasteiger partial charge in [0, 0.05) is 5.92 Å². The summed E-state index contributed by atoms with van der Waals surface area (Å²) in [5.41, 5.74) is 3.46. The number of carbonyl (C=O) groups is 1. The van der Waals surface area contributed by atoms with Crippen LogP contribution in [0.4, 0.5) is 0 Å². The van der Waals surface area contributed by atoms with Gasteiger partial charge in [-0.15, -0.1) is 0 Å². The van der Waals surface area contributed by atoms with Gasteiger partial charge in [0.25, 0.3) is 0 Å². The van der Waals surface area contributed by atoms with E-state index in [1.807, 2.05) is 0 Å². The summed E-state index contributed by atoms with van der Waals surface area (Å²) >= 11 is 0. The van der Waals surface area contributed by atoms with Crippen molar-refractivity contribution in [1.29, 1.82) is 0 Å². The molecule has 0 aromatic carbocycles. The number of ether oxygens (including phenoxy) is 1. The number of aliphatic hydroxyl groups is 1. The fourth-order valence-corrected chi connectivity index (χ4v) is 9.83. The predicted octanol–water partition coefficient (Wildman–Crippen LogP) is 6.85. The van der Waals surface area contributed by atoms with Gasteiger partial charge in [-0.1, -0.05) is 57.9 Å². The highest BCUT2D eigenvalue weighted by molar-refractivity contribution is 5.76. The Labute approximate surface area is 201 Å². The molecule has 0 spiro atoms. The predicted molar refractivity (Wildman–Crippen MR) is 132 cm³/mol. The fraction of sp³-hybridized carbons (Fsp3) is 0.833. The second kappa shape index (κ2) is 7.45. The van der Waals surface area contributed by atoms with Crippen LogP contribution in [0.5, 0.6) is 0 Å². The van der Waals surface area contributed by atoms with Gasteiger partial charge in [0.15, 0.2) is 0 Å². The summed E-state index contributed by atoms with van der Waals surface area (Å²) in [5.74, 6) is 1.58. The molecular formula is C30H46O3. The minimum atomic E-state index is -0.193. The lowest BCUT2D eigenvalue weighted by Crippen LogP contribution is -2.58. The lowest BCUT2D eigenvalue weighted by molar-refractivity contribution is -0.147. The molecule has 1 heterocycles. The van der Waals surface area contributed by atoms with Crippen LogP contribution >= 0.6 is 0 Å². The molecule has 33 heavy (non-hydrogen) atoms. The van der Waals surface area contributed by atoms with Crippen LogP contribution < -0.4 is 0 Å². The first-order valence-corrected chi connectivity index (χ1v) is 13.6. The Morgan fingerprint density at radius 1 is 1.15 bits per heavy atom. The van der Waals surface area contributed by atoms with Crippen molar-refractivity contribution in [3.8, 4) is 0 Å². The van der Waals surface area contributed by atoms with Gasteiger partial charge >= 0.3 is 5.97 Å². The minimum absolute atomic E-state index is 0.0333. The molecular weight excluding hydrogens is 408 g/mol. The van der Waals surface area contributed by atoms with E-state index < -0.39 is 0 Å². The summed E-state index contributed by atoms with van der Waals surface area (Å²) in [7, 11) is 0. The number of hydrogen-bond donors (Lipinski definition) is 1. The molecule has 3 nitrogen and oxygen atoms in total. The van der Waals surface area contributed by atoms with E-state index in [0.29, 0.717) is 17.8 Å². The molecule has 0 bridgehead atoms. The molecule has 1 saturated heterocycles. The van der Waals surface area contributed by atoms with Crippen molar-refractivity contribution in [2.75, 3.05) is 0 Å². The minimum Gasteiger partial charge on any atom is -0.462 e. The molecule has 0 aromatic heterocycles. The molecule has 0 aromatic rings. The van der Waals surface area contributed by atoms with Crippen molar-refractivity contribution in [2.24, 2.45) is 45.3 Å². The zero-order valence-corrected chi connectivity index (χ0v) is 22.0. The average Bonchev–Trinajstić information content (AvgIpc) is 3.14. The highest BCUT2D eigenvalue weighted by atomic mass is 16.6. The summed E-state index contributed by atoms with van der Waals surface area (Å²) < 4.78 is 6.12. The molecule has 5 unspecified atom stereocenters. The number of hydrogen-bond acceptors (Lipinski definition) is 3. The number of aliphatic hydroxyl groups excluding tert-OH is 1. The second-order valence-corrected chi connectivity index (χ2v) is 13.8. The molecule has 0 amide bonds. The molecule has 5 rings (SSSR count). The lowest BCUT2D eigenvalue weighted by Gasteiger charge is -2.64. The van der Waals surface area contributed by atoms with Crippen LogP contribution in [0.3, 0.4) is 0 Å². The third kappa shape index (κ3) is 3.06. The molecule has 1 N–H and O–H groups in total. The van der Waals surface area contributed by atoms with Crippen molar-refractivity contribution in [2.45, 2.75) is 112 Å². The van der Waals surface area contributed by atoms with Crippen molar-refractivity contribution >= 4 is 5.97 Å². The largest absolute Gasteiger partial charge is 0.462 e. The zero-order valence-electron chi connectivity index (χ0n) is 22.0. The van der Waals surface area contributed by atoms with Crippen molar-refractivity contribution in [3.05, 3.63) is 23.3 Å². The summed E-state index contributed by atoms with van der Waals surface area (Å²) in [5, 5.41) is 10.8. The summed E-state index contributed by atoms with van der Waals surface area (Å²) in [4.78, 5) is 12.9. The van der Waals surface area contributed by atoms with Gasteiger partial charge in [-0.3, -0.25) is 4.79 Å². The fourth-order valence-electron chi connectivity index (χ4n) is 9.83. The zero-order chi connectivity index (χ0) is 24.0. The van der Waals surface area contributed by atoms with E-state index in [0.717, 1.165) is 38.5 Å². The van der Waals surface area contributed by atoms with E-state index in [2.05, 4.69) is 60.6 Å². The van der Waals surface area contributed by atoms with E-state index in [1.54, 1.807) is 5.57 Å². The maximum Gasteiger partial charge on any atom is 0.309 e. The van der Waals surface area contributed by atoms with Crippen molar-refractivity contribution in [3.63, 3.8) is 0 Å². The van der Waals surface area contributed by atoms with Crippen molar-refractivity contribution < 1.29 is 14.6 Å². The van der Waals surface area contributed by atoms with Gasteiger partial charge < -0.3 is 9.84 Å². The van der Waals surface area contributed by atoms with Gasteiger partial charge in [-0.05, 0) is 98.7 Å². The molecule has 4 aliphatic carbocycles. The average molecular weight is 455 g/mol. The SMILES string of the molecule is CC(C)=CCCC1C(=O)O[C@H]2C[C@]3(C)C4=CCC5C(C)(C)[C@H](O)CC[C@]5(C)C4CCC3(C)C12. The Morgan fingerprint density at radius 2 is 1.88 bits per heavy atom. The van der Waals surface area contributed by atoms with Gasteiger partial charge in [-0.2, -0.15) is 0 Å². The summed E-state index contributed by atoms with van der Waals surface area (Å²) in [6.45, 7) is 16.4. The van der Waals surface area contributed by atoms with Gasteiger partial charge in [-0.25, -0.2) is 0 Å². The van der Waals surface area contributed by atoms with E-state index in [4.69, 9.17) is 4.74 Å². The molecule has 4 fully saturated rings. The quantitative estimate of drug-likeness (QED) is 0.375. The topological polar surface area (TPSA) is 46.5 Å². The van der Waals surface area contributed by atoms with E-state index in [-0.39, 0.29) is 45.8 Å². The Morgan fingerprint density at radius 3 is 2.58 bits per heavy atom. The first-order chi connectivity index (χ1) is 15.4. The molecule has 3 saturated carbocycles. The summed E-state index contributed by atoms with van der Waals surface area (Å²) in [6, 6.07) is 0. The maximum atomic E-state index is 12.9. The molecule has 0 radical (unpaired) electrons. The molecule has 9 atom stereocenters. The lowest BCUT2D eigenvalue weighted by atomic mass is 9.41. The third-order valence-electron chi connectivity index (χ3n) is 11.9. The van der Waals surface area contributed by atoms with E-state index in [1.165, 1.54) is 18.4 Å². The van der Waals surface area contributed by atoms with Crippen molar-refractivity contribution in [1.82, 2.24) is 0 Å². The smallest absolute Gasteiger partial charge is 0.309 e. The number of fused-ring (bicyclic) bond motifs is 7. The Hall–Kier alpha value is -1.09. The summed E-state index contributed by atoms with van der Waals surface area (Å²) in [6.07, 6.45) is 13.2. The highest BCUT2D eigenvalue weighted by Gasteiger charge is 2.70. The third-order valence-corrected chi connectivity index (χ3v) is 11.9. The van der Waals surface area contributed by atoms with Crippen LogP contribution in [0.1, 0.15) is 99.8 Å². The maximum absolute atomic E-state index is 12.9. The molecule has 1 aliphatic heterocycles. The highest BCUT2D eigenvalue weighted by Crippen LogP contribution is 2.74. The van der Waals surface area contributed by atoms with Crippen LogP contribution in [-0.4, -0.2) is 23.3 Å². The Balaban J connectivity index is 1.49. The Bertz CT molecular complexity index is 894. The van der Waals surface area contributed by atoms with Crippen LogP contribution in [0.25, 0.3) is 0 Å². The van der Waals surface area contributed by atoms with Gasteiger partial charge in [0.1, 0.15) is 6.10 Å². The first-order valence-electron chi connectivity index (χ1n) is 13.6. The normalized spacial score (nSPS) is 49.8. The van der Waals surface area contributed by atoms with Crippen LogP contribution in [0, 0.1) is 45.3 Å². The Kier molecular flexibility index (Phi) is 5.34. The van der Waals surface area contributed by atoms with Crippen LogP contribution in [0.2, 0.25) is 0 Å². The van der Waals surface area contributed by atoms with Crippen LogP contribution in [0.15, 0.2) is 23.3 Å². The number of esters is 1. The van der Waals surface area contributed by atoms with Crippen LogP contribution in [-0.2, 0) is 9.53 Å². The van der Waals surface area contributed by atoms with E-state index in [9.17, 15) is 9.90 Å². The number of carbonyl (C=O) groups excluding carboxylic acids is 1. The number of allylic oxidation sites excluding steroid dienone is 4. The van der Waals surface area contributed by atoms with Gasteiger partial charge in [0.05, 0.1) is 12.0 Å². The van der Waals surface area contributed by atoms with Gasteiger partial charge in [0.2, 0.25) is 0 Å². The molecule has 3 heteroatoms. The number of rotatable bonds is 3. The molecule has 5 aliphatic rings. The molecule has 184 valence electrons. The first kappa shape index (κ1) is 23.6. The van der Waals surface area contributed by atoms with E-state index >= 15 is 0 Å². The second-order valence-electron chi connectivity index (χ2n) is 13.8. The monoisotopic (exact) mass is 454 g/mol. The standard InChI is InChI=1S/C30H46O3/c1-18(2)9-8-10-19-25-22(33-26(19)32)17-30(7)21-11-12-23-27(3,4)24(31)14-15-28(23,5)20(21)13-16-29(25,30)6/h9,11,19-20,22-25,31H,8,10,12-17H2,1-7H3/t19?,20?,22-,23?,24+,25?,28+,29?,30+/m0/s1.